The van der Waals surface area contributed by atoms with Crippen LogP contribution in [0.15, 0.2) is 30.3 Å². The highest BCUT2D eigenvalue weighted by Gasteiger charge is 2.43. The van der Waals surface area contributed by atoms with E-state index in [-0.39, 0.29) is 0 Å². The highest BCUT2D eigenvalue weighted by atomic mass is 14.5. The highest BCUT2D eigenvalue weighted by Crippen LogP contribution is 2.53. The molecule has 0 heteroatoms. The van der Waals surface area contributed by atoms with Gasteiger partial charge in [-0.2, -0.15) is 0 Å². The van der Waals surface area contributed by atoms with Crippen LogP contribution in [0.4, 0.5) is 0 Å². The van der Waals surface area contributed by atoms with E-state index in [2.05, 4.69) is 36.1 Å². The molecule has 15 heavy (non-hydrogen) atoms. The van der Waals surface area contributed by atoms with Crippen molar-refractivity contribution in [3.05, 3.63) is 35.9 Å². The van der Waals surface area contributed by atoms with Gasteiger partial charge in [0.25, 0.3) is 0 Å². The van der Waals surface area contributed by atoms with Crippen molar-refractivity contribution in [1.29, 1.82) is 0 Å². The SMILES string of the molecule is C(#CC12CCC(CC1)C2)c1ccccc1. The van der Waals surface area contributed by atoms with Crippen LogP contribution in [0, 0.1) is 23.2 Å². The largest absolute Gasteiger partial charge is 0.0911 e. The quantitative estimate of drug-likeness (QED) is 0.556. The second-order valence-electron chi connectivity index (χ2n) is 5.04. The number of benzene rings is 1. The van der Waals surface area contributed by atoms with Crippen molar-refractivity contribution < 1.29 is 0 Å². The van der Waals surface area contributed by atoms with Gasteiger partial charge < -0.3 is 0 Å². The maximum atomic E-state index is 3.55. The first-order valence-electron chi connectivity index (χ1n) is 5.95. The predicted octanol–water partition coefficient (Wildman–Crippen LogP) is 3.62. The van der Waals surface area contributed by atoms with Crippen molar-refractivity contribution in [2.24, 2.45) is 11.3 Å². The molecule has 1 aromatic rings. The molecular formula is C15H16. The van der Waals surface area contributed by atoms with Crippen LogP contribution in [0.3, 0.4) is 0 Å². The Morgan fingerprint density at radius 3 is 2.40 bits per heavy atom. The maximum Gasteiger partial charge on any atom is 0.0321 e. The van der Waals surface area contributed by atoms with Gasteiger partial charge >= 0.3 is 0 Å². The first kappa shape index (κ1) is 9.04. The van der Waals surface area contributed by atoms with Gasteiger partial charge in [-0.3, -0.25) is 0 Å². The molecule has 0 spiro atoms. The first-order valence-corrected chi connectivity index (χ1v) is 5.95. The third-order valence-corrected chi connectivity index (χ3v) is 3.99. The lowest BCUT2D eigenvalue weighted by atomic mass is 9.85. The number of hydrogen-bond donors (Lipinski definition) is 0. The molecule has 0 amide bonds. The van der Waals surface area contributed by atoms with Gasteiger partial charge in [0.2, 0.25) is 0 Å². The summed E-state index contributed by atoms with van der Waals surface area (Å²) in [6.07, 6.45) is 6.90. The molecule has 2 aliphatic rings. The molecular weight excluding hydrogens is 180 g/mol. The number of rotatable bonds is 0. The van der Waals surface area contributed by atoms with Crippen molar-refractivity contribution in [3.8, 4) is 11.8 Å². The summed E-state index contributed by atoms with van der Waals surface area (Å²) in [5.74, 6) is 7.90. The van der Waals surface area contributed by atoms with E-state index < -0.39 is 0 Å². The van der Waals surface area contributed by atoms with Gasteiger partial charge in [0.05, 0.1) is 0 Å². The van der Waals surface area contributed by atoms with Crippen LogP contribution >= 0.6 is 0 Å². The van der Waals surface area contributed by atoms with Crippen LogP contribution < -0.4 is 0 Å². The van der Waals surface area contributed by atoms with Gasteiger partial charge in [0.15, 0.2) is 0 Å². The third kappa shape index (κ3) is 1.67. The second-order valence-corrected chi connectivity index (χ2v) is 5.04. The number of fused-ring (bicyclic) bond motifs is 2. The Balaban J connectivity index is 1.83. The minimum absolute atomic E-state index is 0.403. The van der Waals surface area contributed by atoms with E-state index in [0.29, 0.717) is 5.41 Å². The fraction of sp³-hybridized carbons (Fsp3) is 0.467. The lowest BCUT2D eigenvalue weighted by Crippen LogP contribution is -2.10. The molecule has 0 nitrogen and oxygen atoms in total. The average Bonchev–Trinajstić information content (AvgIpc) is 2.89. The summed E-state index contributed by atoms with van der Waals surface area (Å²) in [4.78, 5) is 0. The Morgan fingerprint density at radius 2 is 1.80 bits per heavy atom. The van der Waals surface area contributed by atoms with Gasteiger partial charge in [0.1, 0.15) is 0 Å². The van der Waals surface area contributed by atoms with Crippen molar-refractivity contribution in [2.75, 3.05) is 0 Å². The lowest BCUT2D eigenvalue weighted by Gasteiger charge is -2.18. The van der Waals surface area contributed by atoms with Gasteiger partial charge in [0, 0.05) is 11.0 Å². The zero-order valence-corrected chi connectivity index (χ0v) is 9.00. The molecule has 0 saturated heterocycles. The molecule has 3 rings (SSSR count). The fourth-order valence-electron chi connectivity index (χ4n) is 3.09. The molecule has 1 aromatic carbocycles. The van der Waals surface area contributed by atoms with Crippen molar-refractivity contribution >= 4 is 0 Å². The maximum absolute atomic E-state index is 3.55. The predicted molar refractivity (Wildman–Crippen MR) is 62.3 cm³/mol. The lowest BCUT2D eigenvalue weighted by molar-refractivity contribution is 0.400. The topological polar surface area (TPSA) is 0 Å². The highest BCUT2D eigenvalue weighted by molar-refractivity contribution is 5.36. The molecule has 0 radical (unpaired) electrons. The van der Waals surface area contributed by atoms with Gasteiger partial charge in [-0.1, -0.05) is 30.0 Å². The molecule has 0 heterocycles. The fourth-order valence-corrected chi connectivity index (χ4v) is 3.09. The van der Waals surface area contributed by atoms with Crippen LogP contribution in [0.2, 0.25) is 0 Å². The third-order valence-electron chi connectivity index (χ3n) is 3.99. The summed E-state index contributed by atoms with van der Waals surface area (Å²) >= 11 is 0. The Morgan fingerprint density at radius 1 is 1.07 bits per heavy atom. The minimum atomic E-state index is 0.403. The normalized spacial score (nSPS) is 32.4. The molecule has 0 unspecified atom stereocenters. The van der Waals surface area contributed by atoms with Gasteiger partial charge in [-0.05, 0) is 50.2 Å². The standard InChI is InChI=1S/C15H16/c1-2-4-13(5-3-1)6-9-15-10-7-14(12-15)8-11-15/h1-5,14H,7-8,10-12H2. The molecule has 0 aromatic heterocycles. The molecule has 2 fully saturated rings. The average molecular weight is 196 g/mol. The Hall–Kier alpha value is -1.22. The number of hydrogen-bond acceptors (Lipinski definition) is 0. The van der Waals surface area contributed by atoms with Crippen LogP contribution in [0.25, 0.3) is 0 Å². The minimum Gasteiger partial charge on any atom is -0.0911 e. The van der Waals surface area contributed by atoms with E-state index in [9.17, 15) is 0 Å². The Kier molecular flexibility index (Phi) is 2.06. The van der Waals surface area contributed by atoms with E-state index in [1.165, 1.54) is 37.7 Å². The monoisotopic (exact) mass is 196 g/mol. The van der Waals surface area contributed by atoms with E-state index in [1.54, 1.807) is 0 Å². The summed E-state index contributed by atoms with van der Waals surface area (Å²) < 4.78 is 0. The van der Waals surface area contributed by atoms with Gasteiger partial charge in [-0.15, -0.1) is 0 Å². The second kappa shape index (κ2) is 3.42. The molecule has 0 aliphatic heterocycles. The van der Waals surface area contributed by atoms with Crippen LogP contribution in [-0.2, 0) is 0 Å². The molecule has 0 atom stereocenters. The smallest absolute Gasteiger partial charge is 0.0321 e. The Labute approximate surface area is 91.7 Å². The molecule has 76 valence electrons. The van der Waals surface area contributed by atoms with Crippen LogP contribution in [-0.4, -0.2) is 0 Å². The summed E-state index contributed by atoms with van der Waals surface area (Å²) in [5.41, 5.74) is 1.57. The van der Waals surface area contributed by atoms with Crippen molar-refractivity contribution in [2.45, 2.75) is 32.1 Å². The molecule has 2 bridgehead atoms. The van der Waals surface area contributed by atoms with Gasteiger partial charge in [-0.25, -0.2) is 0 Å². The van der Waals surface area contributed by atoms with Crippen LogP contribution in [0.1, 0.15) is 37.7 Å². The van der Waals surface area contributed by atoms with Crippen LogP contribution in [0.5, 0.6) is 0 Å². The first-order chi connectivity index (χ1) is 7.36. The molecule has 2 saturated carbocycles. The van der Waals surface area contributed by atoms with Crippen molar-refractivity contribution in [3.63, 3.8) is 0 Å². The zero-order valence-electron chi connectivity index (χ0n) is 9.00. The van der Waals surface area contributed by atoms with E-state index in [4.69, 9.17) is 0 Å². The van der Waals surface area contributed by atoms with E-state index in [0.717, 1.165) is 5.92 Å². The molecule has 2 aliphatic carbocycles. The van der Waals surface area contributed by atoms with E-state index in [1.807, 2.05) is 6.07 Å². The summed E-state index contributed by atoms with van der Waals surface area (Å²) in [5, 5.41) is 0. The van der Waals surface area contributed by atoms with E-state index >= 15 is 0 Å². The Bertz CT molecular complexity index is 397. The summed E-state index contributed by atoms with van der Waals surface area (Å²) in [6, 6.07) is 10.4. The molecule has 0 N–H and O–H groups in total. The zero-order chi connectivity index (χ0) is 10.1. The summed E-state index contributed by atoms with van der Waals surface area (Å²) in [7, 11) is 0. The summed E-state index contributed by atoms with van der Waals surface area (Å²) in [6.45, 7) is 0. The van der Waals surface area contributed by atoms with Crippen molar-refractivity contribution in [1.82, 2.24) is 0 Å².